The molecule has 0 atom stereocenters. The van der Waals surface area contributed by atoms with Crippen LogP contribution in [0.4, 0.5) is 8.78 Å². The molecule has 0 amide bonds. The van der Waals surface area contributed by atoms with Gasteiger partial charge in [-0.15, -0.1) is 0 Å². The van der Waals surface area contributed by atoms with Gasteiger partial charge in [-0.3, -0.25) is 0 Å². The van der Waals surface area contributed by atoms with Crippen LogP contribution in [0.15, 0.2) is 11.1 Å². The zero-order chi connectivity index (χ0) is 8.28. The van der Waals surface area contributed by atoms with Crippen LogP contribution in [-0.2, 0) is 0 Å². The van der Waals surface area contributed by atoms with Gasteiger partial charge in [0.05, 0.1) is 5.41 Å². The second kappa shape index (κ2) is 1.67. The van der Waals surface area contributed by atoms with E-state index in [0.717, 1.165) is 11.1 Å². The van der Waals surface area contributed by atoms with Gasteiger partial charge in [0.1, 0.15) is 0 Å². The fourth-order valence-electron chi connectivity index (χ4n) is 2.52. The molecule has 0 aromatic rings. The van der Waals surface area contributed by atoms with E-state index in [-0.39, 0.29) is 6.42 Å². The molecule has 2 heteroatoms. The summed E-state index contributed by atoms with van der Waals surface area (Å²) in [5.74, 6) is -2.43. The second-order valence-corrected chi connectivity index (χ2v) is 3.71. The minimum absolute atomic E-state index is 0.0850. The summed E-state index contributed by atoms with van der Waals surface area (Å²) in [6.07, 6.45) is 1.45. The lowest BCUT2D eigenvalue weighted by Crippen LogP contribution is -2.26. The fourth-order valence-corrected chi connectivity index (χ4v) is 2.52. The Kier molecular flexibility index (Phi) is 1.10. The average Bonchev–Trinajstić information content (AvgIpc) is 2.36. The highest BCUT2D eigenvalue weighted by Crippen LogP contribution is 2.68. The second-order valence-electron chi connectivity index (χ2n) is 3.71. The minimum Gasteiger partial charge on any atom is -0.206 e. The summed E-state index contributed by atoms with van der Waals surface area (Å²) < 4.78 is 26.5. The van der Waals surface area contributed by atoms with Gasteiger partial charge >= 0.3 is 0 Å². The number of alkyl halides is 2. The highest BCUT2D eigenvalue weighted by molar-refractivity contribution is 5.50. The SMILES string of the molecule is CC1=C(C)C12CCCC2(F)F. The predicted octanol–water partition coefficient (Wildman–Crippen LogP) is 3.14. The largest absolute Gasteiger partial charge is 0.260 e. The molecule has 0 heterocycles. The molecule has 1 saturated carbocycles. The average molecular weight is 158 g/mol. The molecule has 1 spiro atoms. The van der Waals surface area contributed by atoms with Gasteiger partial charge in [-0.2, -0.15) is 0 Å². The molecule has 0 aromatic heterocycles. The summed E-state index contributed by atoms with van der Waals surface area (Å²) in [5.41, 5.74) is 1.15. The Morgan fingerprint density at radius 2 is 1.64 bits per heavy atom. The van der Waals surface area contributed by atoms with Crippen molar-refractivity contribution in [1.82, 2.24) is 0 Å². The van der Waals surface area contributed by atoms with Crippen LogP contribution in [-0.4, -0.2) is 5.92 Å². The van der Waals surface area contributed by atoms with Crippen molar-refractivity contribution in [1.29, 1.82) is 0 Å². The Labute approximate surface area is 65.3 Å². The first-order valence-electron chi connectivity index (χ1n) is 4.09. The molecule has 0 radical (unpaired) electrons. The standard InChI is InChI=1S/C9H12F2/c1-6-7(2)8(6)4-3-5-9(8,10)11/h3-5H2,1-2H3. The zero-order valence-electron chi connectivity index (χ0n) is 6.88. The Morgan fingerprint density at radius 3 is 1.82 bits per heavy atom. The van der Waals surface area contributed by atoms with Gasteiger partial charge in [0.15, 0.2) is 0 Å². The lowest BCUT2D eigenvalue weighted by Gasteiger charge is -2.20. The summed E-state index contributed by atoms with van der Waals surface area (Å²) in [4.78, 5) is 0. The molecular formula is C9H12F2. The predicted molar refractivity (Wildman–Crippen MR) is 39.6 cm³/mol. The number of rotatable bonds is 0. The van der Waals surface area contributed by atoms with Crippen LogP contribution >= 0.6 is 0 Å². The van der Waals surface area contributed by atoms with Crippen molar-refractivity contribution < 1.29 is 8.78 Å². The zero-order valence-corrected chi connectivity index (χ0v) is 6.88. The van der Waals surface area contributed by atoms with Crippen LogP contribution in [0.1, 0.15) is 33.1 Å². The topological polar surface area (TPSA) is 0 Å². The highest BCUT2D eigenvalue weighted by Gasteiger charge is 2.66. The van der Waals surface area contributed by atoms with Crippen LogP contribution in [0.2, 0.25) is 0 Å². The first-order chi connectivity index (χ1) is 5.02. The maximum absolute atomic E-state index is 13.2. The Morgan fingerprint density at radius 1 is 1.09 bits per heavy atom. The molecule has 0 aromatic carbocycles. The van der Waals surface area contributed by atoms with Crippen LogP contribution < -0.4 is 0 Å². The van der Waals surface area contributed by atoms with Crippen LogP contribution in [0.3, 0.4) is 0 Å². The monoisotopic (exact) mass is 158 g/mol. The number of hydrogen-bond donors (Lipinski definition) is 0. The molecule has 2 rings (SSSR count). The van der Waals surface area contributed by atoms with Gasteiger partial charge in [-0.1, -0.05) is 11.1 Å². The van der Waals surface area contributed by atoms with Crippen molar-refractivity contribution in [2.45, 2.75) is 39.0 Å². The van der Waals surface area contributed by atoms with E-state index in [1.165, 1.54) is 0 Å². The van der Waals surface area contributed by atoms with Gasteiger partial charge in [-0.25, -0.2) is 8.78 Å². The molecular weight excluding hydrogens is 146 g/mol. The first kappa shape index (κ1) is 7.26. The van der Waals surface area contributed by atoms with Gasteiger partial charge < -0.3 is 0 Å². The molecule has 0 saturated heterocycles. The van der Waals surface area contributed by atoms with E-state index in [2.05, 4.69) is 0 Å². The van der Waals surface area contributed by atoms with E-state index in [0.29, 0.717) is 12.8 Å². The summed E-state index contributed by atoms with van der Waals surface area (Å²) in [5, 5.41) is 0. The van der Waals surface area contributed by atoms with Gasteiger partial charge in [0.25, 0.3) is 5.92 Å². The Balaban J connectivity index is 2.31. The highest BCUT2D eigenvalue weighted by atomic mass is 19.3. The van der Waals surface area contributed by atoms with Crippen molar-refractivity contribution in [3.63, 3.8) is 0 Å². The van der Waals surface area contributed by atoms with E-state index < -0.39 is 11.3 Å². The lowest BCUT2D eigenvalue weighted by molar-refractivity contribution is -0.0437. The quantitative estimate of drug-likeness (QED) is 0.475. The molecule has 1 fully saturated rings. The molecule has 2 aliphatic rings. The number of hydrogen-bond acceptors (Lipinski definition) is 0. The van der Waals surface area contributed by atoms with Crippen molar-refractivity contribution in [3.8, 4) is 0 Å². The van der Waals surface area contributed by atoms with E-state index in [9.17, 15) is 8.78 Å². The number of halogens is 2. The van der Waals surface area contributed by atoms with Crippen molar-refractivity contribution in [2.24, 2.45) is 5.41 Å². The normalized spacial score (nSPS) is 31.6. The third kappa shape index (κ3) is 0.592. The third-order valence-corrected chi connectivity index (χ3v) is 3.45. The van der Waals surface area contributed by atoms with E-state index >= 15 is 0 Å². The molecule has 11 heavy (non-hydrogen) atoms. The van der Waals surface area contributed by atoms with Crippen LogP contribution in [0, 0.1) is 5.41 Å². The Hall–Kier alpha value is -0.400. The number of allylic oxidation sites excluding steroid dienone is 2. The molecule has 2 aliphatic carbocycles. The maximum Gasteiger partial charge on any atom is 0.260 e. The summed E-state index contributed by atoms with van der Waals surface area (Å²) in [6, 6.07) is 0. The van der Waals surface area contributed by atoms with Gasteiger partial charge in [0, 0.05) is 6.42 Å². The maximum atomic E-state index is 13.2. The minimum atomic E-state index is -2.43. The van der Waals surface area contributed by atoms with Crippen molar-refractivity contribution in [3.05, 3.63) is 11.1 Å². The van der Waals surface area contributed by atoms with Gasteiger partial charge in [-0.05, 0) is 26.7 Å². The van der Waals surface area contributed by atoms with Crippen LogP contribution in [0.25, 0.3) is 0 Å². The smallest absolute Gasteiger partial charge is 0.206 e. The summed E-state index contributed by atoms with van der Waals surface area (Å²) in [7, 11) is 0. The molecule has 0 nitrogen and oxygen atoms in total. The molecule has 0 aliphatic heterocycles. The molecule has 0 bridgehead atoms. The fraction of sp³-hybridized carbons (Fsp3) is 0.778. The molecule has 0 unspecified atom stereocenters. The summed E-state index contributed by atoms with van der Waals surface area (Å²) in [6.45, 7) is 3.68. The van der Waals surface area contributed by atoms with E-state index in [1.807, 2.05) is 13.8 Å². The molecule has 0 N–H and O–H groups in total. The van der Waals surface area contributed by atoms with Crippen molar-refractivity contribution in [2.75, 3.05) is 0 Å². The Bertz CT molecular complexity index is 226. The molecule has 62 valence electrons. The van der Waals surface area contributed by atoms with Crippen molar-refractivity contribution >= 4 is 0 Å². The lowest BCUT2D eigenvalue weighted by atomic mass is 9.93. The third-order valence-electron chi connectivity index (χ3n) is 3.45. The first-order valence-corrected chi connectivity index (χ1v) is 4.09. The summed E-state index contributed by atoms with van der Waals surface area (Å²) >= 11 is 0. The van der Waals surface area contributed by atoms with E-state index in [4.69, 9.17) is 0 Å². The van der Waals surface area contributed by atoms with Gasteiger partial charge in [0.2, 0.25) is 0 Å². The van der Waals surface area contributed by atoms with E-state index in [1.54, 1.807) is 0 Å². The van der Waals surface area contributed by atoms with Crippen LogP contribution in [0.5, 0.6) is 0 Å².